The number of likely N-dealkylation sites (tertiary alicyclic amines) is 1. The largest absolute Gasteiger partial charge is 0.480 e. The first-order valence-corrected chi connectivity index (χ1v) is 9.14. The molecule has 0 radical (unpaired) electrons. The Balaban J connectivity index is 1.54. The van der Waals surface area contributed by atoms with E-state index in [1.165, 1.54) is 19.2 Å². The zero-order valence-corrected chi connectivity index (χ0v) is 15.5. The van der Waals surface area contributed by atoms with Gasteiger partial charge >= 0.3 is 0 Å². The summed E-state index contributed by atoms with van der Waals surface area (Å²) in [4.78, 5) is 23.3. The highest BCUT2D eigenvalue weighted by molar-refractivity contribution is 5.96. The van der Waals surface area contributed by atoms with E-state index >= 15 is 0 Å². The fraction of sp³-hybridized carbons (Fsp3) is 0.286. The maximum absolute atomic E-state index is 13.4. The molecule has 28 heavy (non-hydrogen) atoms. The Hall–Kier alpha value is -3.22. The summed E-state index contributed by atoms with van der Waals surface area (Å²) in [5.41, 5.74) is 1.23. The monoisotopic (exact) mass is 381 g/mol. The number of rotatable bonds is 5. The maximum atomic E-state index is 13.4. The molecule has 7 heteroatoms. The summed E-state index contributed by atoms with van der Waals surface area (Å²) in [7, 11) is 1.49. The molecule has 144 valence electrons. The number of carbonyl (C=O) groups is 1. The van der Waals surface area contributed by atoms with Crippen molar-refractivity contribution in [2.24, 2.45) is 0 Å². The third-order valence-electron chi connectivity index (χ3n) is 4.83. The molecule has 1 aromatic carbocycles. The minimum atomic E-state index is -0.282. The van der Waals surface area contributed by atoms with Crippen LogP contribution < -0.4 is 4.74 Å². The van der Waals surface area contributed by atoms with Crippen molar-refractivity contribution >= 4 is 5.91 Å². The van der Waals surface area contributed by atoms with E-state index in [9.17, 15) is 9.18 Å². The minimum absolute atomic E-state index is 0.155. The molecule has 0 saturated carbocycles. The second-order valence-corrected chi connectivity index (χ2v) is 6.69. The average molecular weight is 381 g/mol. The van der Waals surface area contributed by atoms with E-state index in [1.54, 1.807) is 35.5 Å². The molecule has 1 saturated heterocycles. The summed E-state index contributed by atoms with van der Waals surface area (Å²) >= 11 is 0. The van der Waals surface area contributed by atoms with Crippen LogP contribution in [0.15, 0.2) is 53.2 Å². The Morgan fingerprint density at radius 1 is 1.32 bits per heavy atom. The van der Waals surface area contributed by atoms with Crippen molar-refractivity contribution in [3.8, 4) is 5.88 Å². The highest BCUT2D eigenvalue weighted by Crippen LogP contribution is 2.34. The third-order valence-corrected chi connectivity index (χ3v) is 4.83. The first-order valence-electron chi connectivity index (χ1n) is 9.14. The van der Waals surface area contributed by atoms with Gasteiger partial charge in [0.2, 0.25) is 11.8 Å². The van der Waals surface area contributed by atoms with Gasteiger partial charge in [-0.05, 0) is 42.7 Å². The predicted molar refractivity (Wildman–Crippen MR) is 99.5 cm³/mol. The number of oxazole rings is 1. The van der Waals surface area contributed by atoms with Gasteiger partial charge in [0.25, 0.3) is 5.91 Å². The van der Waals surface area contributed by atoms with Gasteiger partial charge in [0, 0.05) is 19.2 Å². The Morgan fingerprint density at radius 2 is 2.21 bits per heavy atom. The fourth-order valence-electron chi connectivity index (χ4n) is 3.54. The van der Waals surface area contributed by atoms with Crippen molar-refractivity contribution < 1.29 is 18.3 Å². The summed E-state index contributed by atoms with van der Waals surface area (Å²) in [5.74, 6) is 1.00. The van der Waals surface area contributed by atoms with E-state index in [0.29, 0.717) is 36.1 Å². The number of nitrogens with zero attached hydrogens (tertiary/aromatic N) is 3. The number of hydrogen-bond donors (Lipinski definition) is 0. The summed E-state index contributed by atoms with van der Waals surface area (Å²) in [5, 5.41) is 0. The van der Waals surface area contributed by atoms with Gasteiger partial charge in [0.05, 0.1) is 13.3 Å². The van der Waals surface area contributed by atoms with Gasteiger partial charge in [-0.1, -0.05) is 12.1 Å². The van der Waals surface area contributed by atoms with Crippen LogP contribution in [-0.4, -0.2) is 34.4 Å². The predicted octanol–water partition coefficient (Wildman–Crippen LogP) is 3.79. The number of aromatic nitrogens is 2. The van der Waals surface area contributed by atoms with Gasteiger partial charge in [0.15, 0.2) is 0 Å². The summed E-state index contributed by atoms with van der Waals surface area (Å²) in [6.07, 6.45) is 5.31. The quantitative estimate of drug-likeness (QED) is 0.673. The number of ether oxygens (including phenoxy) is 1. The van der Waals surface area contributed by atoms with E-state index in [-0.39, 0.29) is 17.8 Å². The Kier molecular flexibility index (Phi) is 5.06. The molecule has 2 aromatic heterocycles. The van der Waals surface area contributed by atoms with E-state index in [2.05, 4.69) is 9.97 Å². The lowest BCUT2D eigenvalue weighted by Crippen LogP contribution is -2.31. The fourth-order valence-corrected chi connectivity index (χ4v) is 3.54. The van der Waals surface area contributed by atoms with E-state index in [4.69, 9.17) is 9.15 Å². The molecule has 0 N–H and O–H groups in total. The average Bonchev–Trinajstić information content (AvgIpc) is 3.36. The SMILES string of the molecule is COc1ncccc1C(=O)N1CCCC1c1ncc(Cc2cccc(F)c2)o1. The topological polar surface area (TPSA) is 68.5 Å². The Morgan fingerprint density at radius 3 is 3.04 bits per heavy atom. The number of amides is 1. The highest BCUT2D eigenvalue weighted by atomic mass is 19.1. The molecule has 4 rings (SSSR count). The molecule has 0 aliphatic carbocycles. The number of halogens is 1. The molecule has 1 aliphatic heterocycles. The molecular weight excluding hydrogens is 361 g/mol. The summed E-state index contributed by atoms with van der Waals surface area (Å²) < 4.78 is 24.5. The van der Waals surface area contributed by atoms with Crippen LogP contribution >= 0.6 is 0 Å². The molecule has 1 aliphatic rings. The Labute approximate surface area is 162 Å². The van der Waals surface area contributed by atoms with Crippen LogP contribution in [0.5, 0.6) is 5.88 Å². The normalized spacial score (nSPS) is 16.4. The van der Waals surface area contributed by atoms with E-state index < -0.39 is 0 Å². The van der Waals surface area contributed by atoms with E-state index in [1.807, 2.05) is 6.07 Å². The van der Waals surface area contributed by atoms with Crippen LogP contribution in [0.3, 0.4) is 0 Å². The molecular formula is C21H20FN3O3. The number of pyridine rings is 1. The van der Waals surface area contributed by atoms with Gasteiger partial charge in [0.1, 0.15) is 23.2 Å². The van der Waals surface area contributed by atoms with Crippen molar-refractivity contribution in [2.45, 2.75) is 25.3 Å². The zero-order chi connectivity index (χ0) is 19.5. The lowest BCUT2D eigenvalue weighted by molar-refractivity contribution is 0.0710. The van der Waals surface area contributed by atoms with Crippen LogP contribution in [0.4, 0.5) is 4.39 Å². The third kappa shape index (κ3) is 3.60. The molecule has 3 aromatic rings. The minimum Gasteiger partial charge on any atom is -0.480 e. The summed E-state index contributed by atoms with van der Waals surface area (Å²) in [6, 6.07) is 9.56. The molecule has 6 nitrogen and oxygen atoms in total. The zero-order valence-electron chi connectivity index (χ0n) is 15.5. The van der Waals surface area contributed by atoms with Gasteiger partial charge in [-0.15, -0.1) is 0 Å². The van der Waals surface area contributed by atoms with Gasteiger partial charge in [-0.3, -0.25) is 4.79 Å². The first kappa shape index (κ1) is 18.2. The lowest BCUT2D eigenvalue weighted by Gasteiger charge is -2.22. The first-order chi connectivity index (χ1) is 13.7. The molecule has 3 heterocycles. The van der Waals surface area contributed by atoms with Crippen molar-refractivity contribution in [3.63, 3.8) is 0 Å². The van der Waals surface area contributed by atoms with Crippen LogP contribution in [0, 0.1) is 5.82 Å². The van der Waals surface area contributed by atoms with Crippen LogP contribution in [0.2, 0.25) is 0 Å². The molecule has 1 atom stereocenters. The molecule has 1 amide bonds. The van der Waals surface area contributed by atoms with Crippen molar-refractivity contribution in [1.29, 1.82) is 0 Å². The van der Waals surface area contributed by atoms with Gasteiger partial charge in [-0.25, -0.2) is 14.4 Å². The van der Waals surface area contributed by atoms with Crippen molar-refractivity contribution in [2.75, 3.05) is 13.7 Å². The standard InChI is InChI=1S/C21H20FN3O3/c1-27-19-17(7-3-9-23-19)21(26)25-10-4-8-18(25)20-24-13-16(28-20)12-14-5-2-6-15(22)11-14/h2-3,5-7,9,11,13,18H,4,8,10,12H2,1H3. The number of carbonyl (C=O) groups excluding carboxylic acids is 1. The van der Waals surface area contributed by atoms with Crippen LogP contribution in [-0.2, 0) is 6.42 Å². The van der Waals surface area contributed by atoms with Crippen LogP contribution in [0.1, 0.15) is 46.5 Å². The maximum Gasteiger partial charge on any atom is 0.260 e. The molecule has 0 bridgehead atoms. The second-order valence-electron chi connectivity index (χ2n) is 6.69. The molecule has 0 spiro atoms. The highest BCUT2D eigenvalue weighted by Gasteiger charge is 2.35. The van der Waals surface area contributed by atoms with Crippen molar-refractivity contribution in [3.05, 3.63) is 77.4 Å². The van der Waals surface area contributed by atoms with Gasteiger partial charge in [-0.2, -0.15) is 0 Å². The van der Waals surface area contributed by atoms with Gasteiger partial charge < -0.3 is 14.1 Å². The Bertz CT molecular complexity index is 988. The summed E-state index contributed by atoms with van der Waals surface area (Å²) in [6.45, 7) is 0.614. The second kappa shape index (κ2) is 7.80. The molecule has 1 unspecified atom stereocenters. The smallest absolute Gasteiger partial charge is 0.260 e. The molecule has 1 fully saturated rings. The number of hydrogen-bond acceptors (Lipinski definition) is 5. The number of methoxy groups -OCH3 is 1. The van der Waals surface area contributed by atoms with E-state index in [0.717, 1.165) is 18.4 Å². The van der Waals surface area contributed by atoms with Crippen molar-refractivity contribution in [1.82, 2.24) is 14.9 Å². The number of benzene rings is 1. The van der Waals surface area contributed by atoms with Crippen LogP contribution in [0.25, 0.3) is 0 Å². The lowest BCUT2D eigenvalue weighted by atomic mass is 10.1.